The molecule has 0 unspecified atom stereocenters. The molecule has 0 aromatic rings. The molecule has 2 rings (SSSR count). The topological polar surface area (TPSA) is 18.5 Å². The Labute approximate surface area is 124 Å². The summed E-state index contributed by atoms with van der Waals surface area (Å²) in [5.41, 5.74) is 0. The largest absolute Gasteiger partial charge is 0.397 e. The summed E-state index contributed by atoms with van der Waals surface area (Å²) in [6.45, 7) is 5.66. The fraction of sp³-hybridized carbons (Fsp3) is 0.529. The molecule has 2 aliphatic carbocycles. The predicted molar refractivity (Wildman–Crippen MR) is 86.9 cm³/mol. The Kier molecular flexibility index (Phi) is 6.50. The van der Waals surface area contributed by atoms with Crippen LogP contribution in [0.1, 0.15) is 20.3 Å². The fourth-order valence-corrected chi connectivity index (χ4v) is 4.86. The van der Waals surface area contributed by atoms with Gasteiger partial charge in [0.2, 0.25) is 0 Å². The van der Waals surface area contributed by atoms with Crippen molar-refractivity contribution in [2.24, 2.45) is 17.8 Å². The van der Waals surface area contributed by atoms with Gasteiger partial charge in [-0.25, -0.2) is 0 Å². The van der Waals surface area contributed by atoms with E-state index in [-0.39, 0.29) is 0 Å². The van der Waals surface area contributed by atoms with Crippen LogP contribution in [0.3, 0.4) is 0 Å². The summed E-state index contributed by atoms with van der Waals surface area (Å²) >= 11 is 0. The Balaban J connectivity index is 1.93. The van der Waals surface area contributed by atoms with Crippen molar-refractivity contribution in [3.63, 3.8) is 0 Å². The van der Waals surface area contributed by atoms with E-state index in [1.807, 2.05) is 0 Å². The number of allylic oxidation sites excluding steroid dienone is 8. The maximum Gasteiger partial charge on any atom is 0.321 e. The summed E-state index contributed by atoms with van der Waals surface area (Å²) in [6, 6.07) is 1.10. The van der Waals surface area contributed by atoms with Gasteiger partial charge in [0.05, 0.1) is 0 Å². The maximum absolute atomic E-state index is 5.80. The van der Waals surface area contributed by atoms with Gasteiger partial charge in [-0.1, -0.05) is 48.6 Å². The minimum Gasteiger partial charge on any atom is -0.397 e. The molecule has 0 saturated carbocycles. The maximum atomic E-state index is 5.80. The Bertz CT molecular complexity index is 340. The zero-order chi connectivity index (χ0) is 14.2. The van der Waals surface area contributed by atoms with Gasteiger partial charge in [-0.2, -0.15) is 0 Å². The second-order valence-corrected chi connectivity index (χ2v) is 7.38. The Hall–Kier alpha value is -0.903. The molecule has 0 amide bonds. The molecule has 20 heavy (non-hydrogen) atoms. The lowest BCUT2D eigenvalue weighted by Gasteiger charge is -2.26. The van der Waals surface area contributed by atoms with Crippen molar-refractivity contribution in [3.8, 4) is 0 Å². The summed E-state index contributed by atoms with van der Waals surface area (Å²) in [4.78, 5) is 0. The van der Waals surface area contributed by atoms with Crippen LogP contribution in [0.25, 0.3) is 0 Å². The quantitative estimate of drug-likeness (QED) is 0.602. The lowest BCUT2D eigenvalue weighted by Crippen LogP contribution is -2.26. The van der Waals surface area contributed by atoms with E-state index >= 15 is 0 Å². The molecule has 0 aromatic carbocycles. The molecule has 0 heterocycles. The molecule has 0 radical (unpaired) electrons. The second kappa shape index (κ2) is 8.40. The van der Waals surface area contributed by atoms with Crippen LogP contribution < -0.4 is 0 Å². The Morgan fingerprint density at radius 1 is 0.850 bits per heavy atom. The first-order chi connectivity index (χ1) is 9.85. The molecule has 110 valence electrons. The van der Waals surface area contributed by atoms with Crippen LogP contribution in [-0.2, 0) is 8.85 Å². The summed E-state index contributed by atoms with van der Waals surface area (Å²) in [5.74, 6) is 1.76. The van der Waals surface area contributed by atoms with Crippen molar-refractivity contribution in [1.29, 1.82) is 0 Å². The summed E-state index contributed by atoms with van der Waals surface area (Å²) in [5, 5.41) is 0. The molecule has 0 fully saturated rings. The van der Waals surface area contributed by atoms with Crippen molar-refractivity contribution in [3.05, 3.63) is 48.6 Å². The Morgan fingerprint density at radius 2 is 1.30 bits per heavy atom. The highest BCUT2D eigenvalue weighted by Gasteiger charge is 2.27. The van der Waals surface area contributed by atoms with E-state index in [1.54, 1.807) is 0 Å². The molecule has 0 aliphatic heterocycles. The summed E-state index contributed by atoms with van der Waals surface area (Å²) < 4.78 is 11.6. The molecule has 0 saturated heterocycles. The van der Waals surface area contributed by atoms with E-state index in [0.29, 0.717) is 17.8 Å². The van der Waals surface area contributed by atoms with Crippen LogP contribution in [0.15, 0.2) is 48.6 Å². The lowest BCUT2D eigenvalue weighted by atomic mass is 9.81. The highest BCUT2D eigenvalue weighted by molar-refractivity contribution is 6.44. The van der Waals surface area contributed by atoms with Crippen LogP contribution in [0.5, 0.6) is 0 Å². The van der Waals surface area contributed by atoms with Crippen LogP contribution in [0.4, 0.5) is 0 Å². The van der Waals surface area contributed by atoms with Crippen molar-refractivity contribution in [1.82, 2.24) is 0 Å². The van der Waals surface area contributed by atoms with Gasteiger partial charge in [-0.15, -0.1) is 0 Å². The Morgan fingerprint density at radius 3 is 1.70 bits per heavy atom. The minimum atomic E-state index is -1.47. The van der Waals surface area contributed by atoms with Gasteiger partial charge >= 0.3 is 9.28 Å². The van der Waals surface area contributed by atoms with Gasteiger partial charge in [-0.3, -0.25) is 0 Å². The summed E-state index contributed by atoms with van der Waals surface area (Å²) in [7, 11) is -1.47. The third-order valence-corrected chi connectivity index (χ3v) is 6.20. The molecule has 0 bridgehead atoms. The molecule has 3 heteroatoms. The van der Waals surface area contributed by atoms with Gasteiger partial charge in [0.15, 0.2) is 0 Å². The number of rotatable bonds is 9. The van der Waals surface area contributed by atoms with Crippen LogP contribution in [0.2, 0.25) is 6.04 Å². The van der Waals surface area contributed by atoms with Gasteiger partial charge in [0.25, 0.3) is 0 Å². The number of hydrogen-bond acceptors (Lipinski definition) is 2. The molecular weight excluding hydrogens is 264 g/mol. The fourth-order valence-electron chi connectivity index (χ4n) is 3.03. The SMILES string of the molecule is CCO[SiH](CCC(C1C=CC=C1)C1C=CC=C1)OCC. The van der Waals surface area contributed by atoms with E-state index < -0.39 is 9.28 Å². The molecule has 0 spiro atoms. The molecule has 0 N–H and O–H groups in total. The van der Waals surface area contributed by atoms with Crippen LogP contribution in [-0.4, -0.2) is 22.5 Å². The van der Waals surface area contributed by atoms with E-state index in [0.717, 1.165) is 19.3 Å². The van der Waals surface area contributed by atoms with Crippen LogP contribution in [0, 0.1) is 17.8 Å². The number of hydrogen-bond donors (Lipinski definition) is 0. The van der Waals surface area contributed by atoms with Crippen molar-refractivity contribution >= 4 is 9.28 Å². The van der Waals surface area contributed by atoms with Gasteiger partial charge in [0.1, 0.15) is 0 Å². The zero-order valence-corrected chi connectivity index (χ0v) is 13.7. The molecule has 2 aliphatic rings. The molecule has 0 atom stereocenters. The minimum absolute atomic E-state index is 0.560. The lowest BCUT2D eigenvalue weighted by molar-refractivity contribution is 0.209. The van der Waals surface area contributed by atoms with Crippen LogP contribution >= 0.6 is 0 Å². The van der Waals surface area contributed by atoms with Gasteiger partial charge < -0.3 is 8.85 Å². The average molecular weight is 290 g/mol. The molecular formula is C17H26O2Si. The zero-order valence-electron chi connectivity index (χ0n) is 12.6. The van der Waals surface area contributed by atoms with Crippen molar-refractivity contribution in [2.75, 3.05) is 13.2 Å². The standard InChI is InChI=1S/C17H26O2Si/c1-3-18-20(19-4-2)14-13-17(15-9-5-6-10-15)16-11-7-8-12-16/h5-12,15-17,20H,3-4,13-14H2,1-2H3. The highest BCUT2D eigenvalue weighted by Crippen LogP contribution is 2.34. The second-order valence-electron chi connectivity index (χ2n) is 5.28. The third-order valence-electron chi connectivity index (χ3n) is 3.99. The van der Waals surface area contributed by atoms with Crippen molar-refractivity contribution in [2.45, 2.75) is 26.3 Å². The summed E-state index contributed by atoms with van der Waals surface area (Å²) in [6.07, 6.45) is 19.1. The smallest absolute Gasteiger partial charge is 0.321 e. The first kappa shape index (κ1) is 15.5. The van der Waals surface area contributed by atoms with Crippen molar-refractivity contribution < 1.29 is 8.85 Å². The van der Waals surface area contributed by atoms with Gasteiger partial charge in [-0.05, 0) is 44.1 Å². The first-order valence-corrected chi connectivity index (χ1v) is 9.54. The van der Waals surface area contributed by atoms with E-state index in [4.69, 9.17) is 8.85 Å². The van der Waals surface area contributed by atoms with E-state index in [2.05, 4.69) is 62.5 Å². The molecule has 0 aromatic heterocycles. The predicted octanol–water partition coefficient (Wildman–Crippen LogP) is 3.77. The first-order valence-electron chi connectivity index (χ1n) is 7.78. The van der Waals surface area contributed by atoms with Gasteiger partial charge in [0, 0.05) is 13.2 Å². The highest BCUT2D eigenvalue weighted by atomic mass is 28.3. The normalized spacial score (nSPS) is 18.4. The third kappa shape index (κ3) is 4.30. The van der Waals surface area contributed by atoms with E-state index in [1.165, 1.54) is 6.42 Å². The molecule has 2 nitrogen and oxygen atoms in total. The monoisotopic (exact) mass is 290 g/mol. The van der Waals surface area contributed by atoms with E-state index in [9.17, 15) is 0 Å². The average Bonchev–Trinajstić information content (AvgIpc) is 3.13.